The molecule has 0 amide bonds. The van der Waals surface area contributed by atoms with Gasteiger partial charge in [-0.1, -0.05) is 25.5 Å². The van der Waals surface area contributed by atoms with Crippen LogP contribution in [0, 0.1) is 5.92 Å². The lowest BCUT2D eigenvalue weighted by atomic mass is 9.97. The van der Waals surface area contributed by atoms with Crippen molar-refractivity contribution in [1.29, 1.82) is 0 Å². The Morgan fingerprint density at radius 1 is 1.12 bits per heavy atom. The highest BCUT2D eigenvalue weighted by Gasteiger charge is 2.17. The van der Waals surface area contributed by atoms with E-state index in [2.05, 4.69) is 47.3 Å². The summed E-state index contributed by atoms with van der Waals surface area (Å²) in [4.78, 5) is 9.97. The van der Waals surface area contributed by atoms with Crippen LogP contribution in [0.4, 0.5) is 0 Å². The van der Waals surface area contributed by atoms with E-state index >= 15 is 0 Å². The molecule has 0 bridgehead atoms. The van der Waals surface area contributed by atoms with Gasteiger partial charge in [-0.3, -0.25) is 4.99 Å². The maximum absolute atomic E-state index is 4.83. The van der Waals surface area contributed by atoms with Gasteiger partial charge in [-0.15, -0.1) is 0 Å². The van der Waals surface area contributed by atoms with Gasteiger partial charge >= 0.3 is 0 Å². The molecule has 0 aromatic rings. The molecule has 0 spiro atoms. The van der Waals surface area contributed by atoms with Gasteiger partial charge in [0.05, 0.1) is 0 Å². The molecule has 0 saturated carbocycles. The summed E-state index contributed by atoms with van der Waals surface area (Å²) < 4.78 is 0. The minimum absolute atomic E-state index is 0.597. The SMILES string of the molecule is CCNC(=NCC(C)CN1CCN(CC)CC1)NCCC1=CCCCC1. The van der Waals surface area contributed by atoms with Crippen molar-refractivity contribution in [1.82, 2.24) is 20.4 Å². The number of hydrogen-bond donors (Lipinski definition) is 2. The van der Waals surface area contributed by atoms with E-state index in [9.17, 15) is 0 Å². The summed E-state index contributed by atoms with van der Waals surface area (Å²) in [6.45, 7) is 16.7. The maximum atomic E-state index is 4.83. The number of nitrogens with one attached hydrogen (secondary N) is 2. The number of allylic oxidation sites excluding steroid dienone is 1. The fourth-order valence-electron chi connectivity index (χ4n) is 3.85. The van der Waals surface area contributed by atoms with Crippen molar-refractivity contribution >= 4 is 5.96 Å². The topological polar surface area (TPSA) is 42.9 Å². The Morgan fingerprint density at radius 2 is 1.88 bits per heavy atom. The number of nitrogens with zero attached hydrogens (tertiary/aromatic N) is 3. The number of aliphatic imine (C=N–C) groups is 1. The molecule has 5 heteroatoms. The Hall–Kier alpha value is -1.07. The summed E-state index contributed by atoms with van der Waals surface area (Å²) in [5.41, 5.74) is 1.62. The normalized spacial score (nSPS) is 21.3. The lowest BCUT2D eigenvalue weighted by molar-refractivity contribution is 0.125. The number of guanidine groups is 1. The molecule has 0 aromatic heterocycles. The van der Waals surface area contributed by atoms with E-state index in [1.807, 2.05) is 0 Å². The van der Waals surface area contributed by atoms with Crippen molar-refractivity contribution in [2.24, 2.45) is 10.9 Å². The fraction of sp³-hybridized carbons (Fsp3) is 0.857. The van der Waals surface area contributed by atoms with Crippen LogP contribution in [0.5, 0.6) is 0 Å². The van der Waals surface area contributed by atoms with Crippen LogP contribution < -0.4 is 10.6 Å². The molecule has 1 aliphatic carbocycles. The van der Waals surface area contributed by atoms with Gasteiger partial charge in [0, 0.05) is 52.4 Å². The second-order valence-corrected chi connectivity index (χ2v) is 7.84. The Bertz CT molecular complexity index is 438. The van der Waals surface area contributed by atoms with Crippen LogP contribution >= 0.6 is 0 Å². The predicted molar refractivity (Wildman–Crippen MR) is 113 cm³/mol. The summed E-state index contributed by atoms with van der Waals surface area (Å²) >= 11 is 0. The van der Waals surface area contributed by atoms with E-state index in [4.69, 9.17) is 4.99 Å². The van der Waals surface area contributed by atoms with E-state index in [0.29, 0.717) is 5.92 Å². The second-order valence-electron chi connectivity index (χ2n) is 7.84. The highest BCUT2D eigenvalue weighted by atomic mass is 15.3. The lowest BCUT2D eigenvalue weighted by Crippen LogP contribution is -2.47. The standard InChI is InChI=1S/C21H41N5/c1-4-22-21(23-12-11-20-9-7-6-8-10-20)24-17-19(3)18-26-15-13-25(5-2)14-16-26/h9,19H,4-8,10-18H2,1-3H3,(H2,22,23,24). The van der Waals surface area contributed by atoms with Crippen LogP contribution in [0.1, 0.15) is 52.9 Å². The zero-order chi connectivity index (χ0) is 18.6. The molecule has 1 aliphatic heterocycles. The first kappa shape index (κ1) is 21.2. The molecule has 0 radical (unpaired) electrons. The average Bonchev–Trinajstić information content (AvgIpc) is 2.67. The van der Waals surface area contributed by atoms with E-state index in [1.54, 1.807) is 5.57 Å². The monoisotopic (exact) mass is 363 g/mol. The maximum Gasteiger partial charge on any atom is 0.191 e. The van der Waals surface area contributed by atoms with Crippen molar-refractivity contribution < 1.29 is 0 Å². The average molecular weight is 364 g/mol. The molecular weight excluding hydrogens is 322 g/mol. The highest BCUT2D eigenvalue weighted by Crippen LogP contribution is 2.19. The van der Waals surface area contributed by atoms with Crippen LogP contribution in [-0.2, 0) is 0 Å². The zero-order valence-corrected chi connectivity index (χ0v) is 17.4. The van der Waals surface area contributed by atoms with Gasteiger partial charge in [0.1, 0.15) is 0 Å². The van der Waals surface area contributed by atoms with Gasteiger partial charge in [-0.2, -0.15) is 0 Å². The molecule has 2 aliphatic rings. The lowest BCUT2D eigenvalue weighted by Gasteiger charge is -2.35. The number of piperazine rings is 1. The summed E-state index contributed by atoms with van der Waals surface area (Å²) in [5.74, 6) is 1.58. The molecule has 2 N–H and O–H groups in total. The highest BCUT2D eigenvalue weighted by molar-refractivity contribution is 5.79. The molecule has 1 fully saturated rings. The van der Waals surface area contributed by atoms with Crippen LogP contribution in [0.2, 0.25) is 0 Å². The molecule has 1 atom stereocenters. The van der Waals surface area contributed by atoms with Crippen molar-refractivity contribution in [2.75, 3.05) is 58.9 Å². The molecule has 1 saturated heterocycles. The van der Waals surface area contributed by atoms with Crippen LogP contribution in [0.25, 0.3) is 0 Å². The Labute approximate surface area is 161 Å². The molecule has 1 heterocycles. The number of hydrogen-bond acceptors (Lipinski definition) is 3. The van der Waals surface area contributed by atoms with Gasteiger partial charge in [-0.05, 0) is 51.5 Å². The first-order valence-electron chi connectivity index (χ1n) is 10.9. The van der Waals surface area contributed by atoms with Gasteiger partial charge < -0.3 is 20.4 Å². The fourth-order valence-corrected chi connectivity index (χ4v) is 3.85. The zero-order valence-electron chi connectivity index (χ0n) is 17.4. The van der Waals surface area contributed by atoms with Crippen LogP contribution in [0.15, 0.2) is 16.6 Å². The summed E-state index contributed by atoms with van der Waals surface area (Å²) in [7, 11) is 0. The van der Waals surface area contributed by atoms with E-state index in [-0.39, 0.29) is 0 Å². The van der Waals surface area contributed by atoms with Crippen molar-refractivity contribution in [3.8, 4) is 0 Å². The van der Waals surface area contributed by atoms with Gasteiger partial charge in [0.25, 0.3) is 0 Å². The quantitative estimate of drug-likeness (QED) is 0.375. The summed E-state index contributed by atoms with van der Waals surface area (Å²) in [6, 6.07) is 0. The van der Waals surface area contributed by atoms with E-state index < -0.39 is 0 Å². The third-order valence-corrected chi connectivity index (χ3v) is 5.51. The molecule has 5 nitrogen and oxygen atoms in total. The first-order chi connectivity index (χ1) is 12.7. The number of rotatable bonds is 9. The molecule has 0 aromatic carbocycles. The van der Waals surface area contributed by atoms with Gasteiger partial charge in [0.15, 0.2) is 5.96 Å². The Balaban J connectivity index is 1.68. The predicted octanol–water partition coefficient (Wildman–Crippen LogP) is 2.71. The van der Waals surface area contributed by atoms with Crippen molar-refractivity contribution in [2.45, 2.75) is 52.9 Å². The van der Waals surface area contributed by atoms with Crippen molar-refractivity contribution in [3.05, 3.63) is 11.6 Å². The Kier molecular flexibility index (Phi) is 10.1. The molecular formula is C21H41N5. The number of likely N-dealkylation sites (N-methyl/N-ethyl adjacent to an activating group) is 1. The molecule has 150 valence electrons. The van der Waals surface area contributed by atoms with Gasteiger partial charge in [0.2, 0.25) is 0 Å². The summed E-state index contributed by atoms with van der Waals surface area (Å²) in [6.07, 6.45) is 8.89. The van der Waals surface area contributed by atoms with E-state index in [1.165, 1.54) is 58.4 Å². The smallest absolute Gasteiger partial charge is 0.191 e. The molecule has 2 rings (SSSR count). The summed E-state index contributed by atoms with van der Waals surface area (Å²) in [5, 5.41) is 6.91. The van der Waals surface area contributed by atoms with Crippen molar-refractivity contribution in [3.63, 3.8) is 0 Å². The Morgan fingerprint density at radius 3 is 2.54 bits per heavy atom. The third-order valence-electron chi connectivity index (χ3n) is 5.51. The van der Waals surface area contributed by atoms with Crippen LogP contribution in [0.3, 0.4) is 0 Å². The van der Waals surface area contributed by atoms with Gasteiger partial charge in [-0.25, -0.2) is 0 Å². The largest absolute Gasteiger partial charge is 0.357 e. The van der Waals surface area contributed by atoms with Crippen LogP contribution in [-0.4, -0.2) is 74.7 Å². The third kappa shape index (κ3) is 8.09. The van der Waals surface area contributed by atoms with E-state index in [0.717, 1.165) is 38.6 Å². The minimum atomic E-state index is 0.597. The molecule has 26 heavy (non-hydrogen) atoms. The first-order valence-corrected chi connectivity index (χ1v) is 10.9. The minimum Gasteiger partial charge on any atom is -0.357 e. The molecule has 1 unspecified atom stereocenters. The second kappa shape index (κ2) is 12.3.